The zero-order valence-corrected chi connectivity index (χ0v) is 19.4. The van der Waals surface area contributed by atoms with Gasteiger partial charge in [0.25, 0.3) is 0 Å². The second kappa shape index (κ2) is 7.67. The van der Waals surface area contributed by atoms with Gasteiger partial charge in [-0.1, -0.05) is 60.7 Å². The van der Waals surface area contributed by atoms with Crippen molar-refractivity contribution in [3.8, 4) is 11.1 Å². The van der Waals surface area contributed by atoms with Crippen molar-refractivity contribution in [2.75, 3.05) is 6.61 Å². The predicted octanol–water partition coefficient (Wildman–Crippen LogP) is 5.55. The van der Waals surface area contributed by atoms with E-state index >= 15 is 0 Å². The maximum atomic E-state index is 14.5. The van der Waals surface area contributed by atoms with Crippen LogP contribution in [0.5, 0.6) is 0 Å². The van der Waals surface area contributed by atoms with Gasteiger partial charge in [-0.2, -0.15) is 0 Å². The highest BCUT2D eigenvalue weighted by Crippen LogP contribution is 2.75. The molecule has 1 amide bonds. The van der Waals surface area contributed by atoms with E-state index in [1.54, 1.807) is 0 Å². The monoisotopic (exact) mass is 471 g/mol. The van der Waals surface area contributed by atoms with E-state index in [4.69, 9.17) is 4.74 Å². The van der Waals surface area contributed by atoms with Gasteiger partial charge in [0, 0.05) is 16.7 Å². The van der Waals surface area contributed by atoms with Crippen molar-refractivity contribution in [1.29, 1.82) is 0 Å². The Bertz CT molecular complexity index is 1300. The van der Waals surface area contributed by atoms with Crippen LogP contribution in [-0.2, 0) is 14.9 Å². The lowest BCUT2D eigenvalue weighted by molar-refractivity contribution is -0.183. The normalized spacial score (nSPS) is 24.4. The second-order valence-electron chi connectivity index (χ2n) is 10.4. The van der Waals surface area contributed by atoms with Crippen molar-refractivity contribution in [2.45, 2.75) is 43.6 Å². The van der Waals surface area contributed by atoms with Gasteiger partial charge in [-0.3, -0.25) is 0 Å². The largest absolute Gasteiger partial charge is 0.480 e. The van der Waals surface area contributed by atoms with Crippen molar-refractivity contribution in [2.24, 2.45) is 5.41 Å². The third-order valence-electron chi connectivity index (χ3n) is 8.23. The number of rotatable bonds is 6. The van der Waals surface area contributed by atoms with Crippen LogP contribution in [0.15, 0.2) is 66.7 Å². The van der Waals surface area contributed by atoms with Gasteiger partial charge in [-0.25, -0.2) is 14.0 Å². The third-order valence-corrected chi connectivity index (χ3v) is 8.23. The highest BCUT2D eigenvalue weighted by Gasteiger charge is 2.73. The number of ether oxygens (including phenoxy) is 1. The molecule has 4 aliphatic rings. The number of carboxylic acid groups (broad SMARTS) is 1. The van der Waals surface area contributed by atoms with Crippen molar-refractivity contribution >= 4 is 12.1 Å². The summed E-state index contributed by atoms with van der Waals surface area (Å²) in [5.74, 6) is -1.43. The minimum atomic E-state index is -1.09. The van der Waals surface area contributed by atoms with Gasteiger partial charge in [-0.15, -0.1) is 0 Å². The quantitative estimate of drug-likeness (QED) is 0.494. The van der Waals surface area contributed by atoms with Crippen molar-refractivity contribution in [3.05, 3.63) is 94.8 Å². The Morgan fingerprint density at radius 1 is 1.03 bits per heavy atom. The number of hydrogen-bond donors (Lipinski definition) is 2. The SMILES string of the molecule is Cc1ccc(C23CC(C(NC(=O)OCC4c5ccccc5-c5ccccc54)C(=O)O)(C2)C3)c(F)c1. The Labute approximate surface area is 202 Å². The molecule has 3 fully saturated rings. The molecular weight excluding hydrogens is 445 g/mol. The van der Waals surface area contributed by atoms with E-state index in [0.717, 1.165) is 27.8 Å². The lowest BCUT2D eigenvalue weighted by atomic mass is 9.31. The molecule has 35 heavy (non-hydrogen) atoms. The summed E-state index contributed by atoms with van der Waals surface area (Å²) in [5.41, 5.74) is 5.06. The molecule has 7 rings (SSSR count). The highest BCUT2D eigenvalue weighted by atomic mass is 19.1. The summed E-state index contributed by atoms with van der Waals surface area (Å²) in [7, 11) is 0. The van der Waals surface area contributed by atoms with Crippen LogP contribution in [0.3, 0.4) is 0 Å². The molecule has 1 atom stereocenters. The maximum absolute atomic E-state index is 14.5. The maximum Gasteiger partial charge on any atom is 0.407 e. The number of aryl methyl sites for hydroxylation is 1. The second-order valence-corrected chi connectivity index (χ2v) is 10.4. The molecule has 2 bridgehead atoms. The number of alkyl carbamates (subject to hydrolysis) is 1. The van der Waals surface area contributed by atoms with Crippen molar-refractivity contribution in [1.82, 2.24) is 5.32 Å². The van der Waals surface area contributed by atoms with Crippen LogP contribution in [0.2, 0.25) is 0 Å². The summed E-state index contributed by atoms with van der Waals surface area (Å²) in [6.07, 6.45) is 0.890. The van der Waals surface area contributed by atoms with Crippen LogP contribution in [0.4, 0.5) is 9.18 Å². The van der Waals surface area contributed by atoms with Crippen LogP contribution in [0, 0.1) is 18.2 Å². The number of fused-ring (bicyclic) bond motifs is 3. The number of amides is 1. The molecule has 5 nitrogen and oxygen atoms in total. The van der Waals surface area contributed by atoms with E-state index in [-0.39, 0.29) is 23.8 Å². The van der Waals surface area contributed by atoms with E-state index < -0.39 is 23.5 Å². The van der Waals surface area contributed by atoms with Crippen LogP contribution in [0.25, 0.3) is 11.1 Å². The first-order valence-electron chi connectivity index (χ1n) is 11.9. The minimum absolute atomic E-state index is 0.0980. The average molecular weight is 472 g/mol. The zero-order chi connectivity index (χ0) is 24.4. The Morgan fingerprint density at radius 3 is 2.20 bits per heavy atom. The highest BCUT2D eigenvalue weighted by molar-refractivity contribution is 5.82. The van der Waals surface area contributed by atoms with Crippen molar-refractivity contribution in [3.63, 3.8) is 0 Å². The molecule has 2 N–H and O–H groups in total. The third kappa shape index (κ3) is 3.27. The fourth-order valence-electron chi connectivity index (χ4n) is 6.74. The summed E-state index contributed by atoms with van der Waals surface area (Å²) >= 11 is 0. The predicted molar refractivity (Wildman–Crippen MR) is 129 cm³/mol. The lowest BCUT2D eigenvalue weighted by Crippen LogP contribution is -2.73. The van der Waals surface area contributed by atoms with Gasteiger partial charge in [0.15, 0.2) is 0 Å². The Balaban J connectivity index is 1.13. The first kappa shape index (κ1) is 21.8. The first-order chi connectivity index (χ1) is 16.8. The standard InChI is InChI=1S/C29H26FNO4/c1-17-10-11-23(24(30)12-17)28-14-29(15-28,16-28)25(26(32)33)31-27(34)35-13-22-20-8-4-2-6-18(20)19-7-3-5-9-21(19)22/h2-12,22,25H,13-16H2,1H3,(H,31,34)(H,32,33). The Hall–Kier alpha value is -3.67. The Morgan fingerprint density at radius 2 is 1.63 bits per heavy atom. The number of carbonyl (C=O) groups excluding carboxylic acids is 1. The van der Waals surface area contributed by atoms with E-state index in [2.05, 4.69) is 17.4 Å². The molecule has 0 aromatic heterocycles. The van der Waals surface area contributed by atoms with Gasteiger partial charge in [0.05, 0.1) is 0 Å². The molecule has 0 aliphatic heterocycles. The number of carboxylic acids is 1. The summed E-state index contributed by atoms with van der Waals surface area (Å²) < 4.78 is 20.1. The molecule has 4 aliphatic carbocycles. The molecule has 3 aromatic carbocycles. The molecule has 1 unspecified atom stereocenters. The smallest absolute Gasteiger partial charge is 0.407 e. The summed E-state index contributed by atoms with van der Waals surface area (Å²) in [4.78, 5) is 24.8. The minimum Gasteiger partial charge on any atom is -0.480 e. The van der Waals surface area contributed by atoms with E-state index in [1.807, 2.05) is 55.5 Å². The zero-order valence-electron chi connectivity index (χ0n) is 19.4. The molecular formula is C29H26FNO4. The van der Waals surface area contributed by atoms with Crippen LogP contribution in [-0.4, -0.2) is 29.8 Å². The summed E-state index contributed by atoms with van der Waals surface area (Å²) in [6.45, 7) is 1.97. The van der Waals surface area contributed by atoms with Crippen molar-refractivity contribution < 1.29 is 23.8 Å². The van der Waals surface area contributed by atoms with E-state index in [0.29, 0.717) is 24.8 Å². The summed E-state index contributed by atoms with van der Waals surface area (Å²) in [5, 5.41) is 12.5. The van der Waals surface area contributed by atoms with Gasteiger partial charge < -0.3 is 15.2 Å². The van der Waals surface area contributed by atoms with E-state index in [1.165, 1.54) is 6.07 Å². The average Bonchev–Trinajstić information content (AvgIpc) is 3.10. The van der Waals surface area contributed by atoms with Crippen LogP contribution < -0.4 is 5.32 Å². The first-order valence-corrected chi connectivity index (χ1v) is 11.9. The molecule has 0 heterocycles. The molecule has 178 valence electrons. The van der Waals surface area contributed by atoms with Gasteiger partial charge >= 0.3 is 12.1 Å². The van der Waals surface area contributed by atoms with Gasteiger partial charge in [0.2, 0.25) is 0 Å². The summed E-state index contributed by atoms with van der Waals surface area (Å²) in [6, 6.07) is 20.2. The molecule has 0 saturated heterocycles. The number of halogens is 1. The van der Waals surface area contributed by atoms with Crippen LogP contribution in [0.1, 0.15) is 47.4 Å². The Kier molecular flexibility index (Phi) is 4.78. The number of benzene rings is 3. The van der Waals surface area contributed by atoms with Gasteiger partial charge in [0.1, 0.15) is 18.5 Å². The lowest BCUT2D eigenvalue weighted by Gasteiger charge is -2.72. The molecule has 6 heteroatoms. The molecule has 0 spiro atoms. The molecule has 3 aromatic rings. The van der Waals surface area contributed by atoms with Crippen LogP contribution >= 0.6 is 0 Å². The van der Waals surface area contributed by atoms with E-state index in [9.17, 15) is 19.1 Å². The number of hydrogen-bond acceptors (Lipinski definition) is 3. The van der Waals surface area contributed by atoms with Gasteiger partial charge in [-0.05, 0) is 65.6 Å². The number of carbonyl (C=O) groups is 2. The number of nitrogens with one attached hydrogen (secondary N) is 1. The number of aliphatic carboxylic acids is 1. The molecule has 3 saturated carbocycles. The fraction of sp³-hybridized carbons (Fsp3) is 0.310. The molecule has 0 radical (unpaired) electrons. The topological polar surface area (TPSA) is 75.6 Å². The fourth-order valence-corrected chi connectivity index (χ4v) is 6.74.